The van der Waals surface area contributed by atoms with Crippen molar-refractivity contribution >= 4 is 12.1 Å². The molecule has 1 amide bonds. The molecular weight excluding hydrogens is 264 g/mol. The molecule has 2 heterocycles. The lowest BCUT2D eigenvalue weighted by Gasteiger charge is -2.27. The van der Waals surface area contributed by atoms with Crippen LogP contribution in [0.4, 0.5) is 4.79 Å². The average molecular weight is 282 g/mol. The number of carboxylic acid groups (broad SMARTS) is 1. The van der Waals surface area contributed by atoms with Crippen molar-refractivity contribution in [3.8, 4) is 0 Å². The minimum Gasteiger partial charge on any atom is -0.476 e. The number of carbonyl (C=O) groups is 2. The average Bonchev–Trinajstić information content (AvgIpc) is 2.95. The molecule has 1 N–H and O–H groups in total. The number of carbonyl (C=O) groups excluding carboxylic acids is 1. The predicted octanol–water partition coefficient (Wildman–Crippen LogP) is 2.44. The van der Waals surface area contributed by atoms with E-state index in [4.69, 9.17) is 14.4 Å². The summed E-state index contributed by atoms with van der Waals surface area (Å²) >= 11 is 0. The maximum Gasteiger partial charge on any atom is 0.410 e. The number of aromatic carboxylic acids is 1. The highest BCUT2D eigenvalue weighted by Gasteiger charge is 2.35. The molecule has 0 radical (unpaired) electrons. The summed E-state index contributed by atoms with van der Waals surface area (Å²) in [7, 11) is 0. The van der Waals surface area contributed by atoms with Gasteiger partial charge in [-0.25, -0.2) is 9.59 Å². The molecule has 2 rings (SSSR count). The molecule has 1 atom stereocenters. The van der Waals surface area contributed by atoms with Gasteiger partial charge in [-0.3, -0.25) is 4.90 Å². The van der Waals surface area contributed by atoms with Gasteiger partial charge in [0.05, 0.1) is 6.04 Å². The third-order valence-corrected chi connectivity index (χ3v) is 2.96. The molecule has 110 valence electrons. The molecule has 1 aromatic rings. The van der Waals surface area contributed by atoms with Crippen LogP contribution in [-0.2, 0) is 4.74 Å². The lowest BCUT2D eigenvalue weighted by atomic mass is 10.1. The van der Waals surface area contributed by atoms with Gasteiger partial charge in [0.25, 0.3) is 0 Å². The van der Waals surface area contributed by atoms with Gasteiger partial charge >= 0.3 is 12.1 Å². The van der Waals surface area contributed by atoms with E-state index >= 15 is 0 Å². The van der Waals surface area contributed by atoms with Gasteiger partial charge in [-0.1, -0.05) is 5.16 Å². The zero-order valence-corrected chi connectivity index (χ0v) is 11.8. The van der Waals surface area contributed by atoms with E-state index in [9.17, 15) is 9.59 Å². The van der Waals surface area contributed by atoms with E-state index in [0.717, 1.165) is 6.42 Å². The van der Waals surface area contributed by atoms with Crippen molar-refractivity contribution < 1.29 is 24.0 Å². The van der Waals surface area contributed by atoms with Crippen LogP contribution in [0.1, 0.15) is 55.9 Å². The smallest absolute Gasteiger partial charge is 0.410 e. The monoisotopic (exact) mass is 282 g/mol. The van der Waals surface area contributed by atoms with Crippen LogP contribution in [0.15, 0.2) is 10.6 Å². The second kappa shape index (κ2) is 5.15. The van der Waals surface area contributed by atoms with Crippen LogP contribution in [0.5, 0.6) is 0 Å². The van der Waals surface area contributed by atoms with Gasteiger partial charge in [-0.15, -0.1) is 0 Å². The number of aromatic nitrogens is 1. The van der Waals surface area contributed by atoms with Crippen LogP contribution >= 0.6 is 0 Å². The Labute approximate surface area is 116 Å². The molecule has 0 spiro atoms. The second-order valence-corrected chi connectivity index (χ2v) is 5.75. The molecule has 0 aromatic carbocycles. The van der Waals surface area contributed by atoms with E-state index < -0.39 is 17.7 Å². The largest absolute Gasteiger partial charge is 0.476 e. The molecule has 1 aliphatic rings. The summed E-state index contributed by atoms with van der Waals surface area (Å²) in [6.45, 7) is 5.95. The molecule has 1 unspecified atom stereocenters. The fourth-order valence-electron chi connectivity index (χ4n) is 2.15. The highest BCUT2D eigenvalue weighted by atomic mass is 16.6. The van der Waals surface area contributed by atoms with Gasteiger partial charge < -0.3 is 14.4 Å². The third-order valence-electron chi connectivity index (χ3n) is 2.96. The molecule has 0 aliphatic carbocycles. The Morgan fingerprint density at radius 1 is 1.50 bits per heavy atom. The summed E-state index contributed by atoms with van der Waals surface area (Å²) in [4.78, 5) is 24.5. The van der Waals surface area contributed by atoms with Crippen molar-refractivity contribution in [2.24, 2.45) is 0 Å². The van der Waals surface area contributed by atoms with Crippen LogP contribution in [0.25, 0.3) is 0 Å². The van der Waals surface area contributed by atoms with Gasteiger partial charge in [0.15, 0.2) is 11.5 Å². The van der Waals surface area contributed by atoms with Crippen LogP contribution in [0, 0.1) is 0 Å². The summed E-state index contributed by atoms with van der Waals surface area (Å²) in [5.41, 5.74) is -0.728. The molecule has 0 bridgehead atoms. The Morgan fingerprint density at radius 2 is 2.20 bits per heavy atom. The normalized spacial score (nSPS) is 19.1. The zero-order valence-electron chi connectivity index (χ0n) is 11.8. The number of likely N-dealkylation sites (tertiary alicyclic amines) is 1. The summed E-state index contributed by atoms with van der Waals surface area (Å²) < 4.78 is 10.4. The Balaban J connectivity index is 2.14. The number of hydrogen-bond donors (Lipinski definition) is 1. The van der Waals surface area contributed by atoms with Crippen molar-refractivity contribution in [1.29, 1.82) is 0 Å². The molecule has 1 saturated heterocycles. The van der Waals surface area contributed by atoms with E-state index in [2.05, 4.69) is 5.16 Å². The molecule has 1 fully saturated rings. The van der Waals surface area contributed by atoms with Gasteiger partial charge in [0.2, 0.25) is 0 Å². The number of hydrogen-bond acceptors (Lipinski definition) is 5. The highest BCUT2D eigenvalue weighted by molar-refractivity contribution is 5.85. The minimum atomic E-state index is -1.15. The van der Waals surface area contributed by atoms with Crippen LogP contribution in [0.3, 0.4) is 0 Å². The van der Waals surface area contributed by atoms with E-state index in [-0.39, 0.29) is 11.7 Å². The first-order chi connectivity index (χ1) is 9.28. The molecular formula is C13H18N2O5. The van der Waals surface area contributed by atoms with Crippen molar-refractivity contribution in [3.05, 3.63) is 17.5 Å². The van der Waals surface area contributed by atoms with E-state index in [0.29, 0.717) is 18.7 Å². The molecule has 20 heavy (non-hydrogen) atoms. The summed E-state index contributed by atoms with van der Waals surface area (Å²) in [6.07, 6.45) is 1.09. The van der Waals surface area contributed by atoms with Crippen molar-refractivity contribution in [1.82, 2.24) is 10.1 Å². The van der Waals surface area contributed by atoms with Crippen LogP contribution in [-0.4, -0.2) is 39.4 Å². The molecule has 1 aromatic heterocycles. The van der Waals surface area contributed by atoms with Crippen molar-refractivity contribution in [3.63, 3.8) is 0 Å². The van der Waals surface area contributed by atoms with Crippen molar-refractivity contribution in [2.45, 2.75) is 45.3 Å². The van der Waals surface area contributed by atoms with Crippen LogP contribution < -0.4 is 0 Å². The molecule has 0 saturated carbocycles. The molecule has 1 aliphatic heterocycles. The first-order valence-corrected chi connectivity index (χ1v) is 6.47. The second-order valence-electron chi connectivity index (χ2n) is 5.75. The predicted molar refractivity (Wildman–Crippen MR) is 68.4 cm³/mol. The van der Waals surface area contributed by atoms with Gasteiger partial charge in [-0.05, 0) is 33.6 Å². The van der Waals surface area contributed by atoms with Gasteiger partial charge in [-0.2, -0.15) is 0 Å². The standard InChI is InChI=1S/C13H18N2O5/c1-13(2,3)19-12(18)15-6-4-5-9(15)10-7-8(11(16)17)14-20-10/h7,9H,4-6H2,1-3H3,(H,16,17). The van der Waals surface area contributed by atoms with Gasteiger partial charge in [0.1, 0.15) is 5.60 Å². The Bertz CT molecular complexity index is 517. The summed E-state index contributed by atoms with van der Waals surface area (Å²) in [6, 6.07) is 1.04. The van der Waals surface area contributed by atoms with Crippen LogP contribution in [0.2, 0.25) is 0 Å². The third kappa shape index (κ3) is 3.09. The van der Waals surface area contributed by atoms with Crippen molar-refractivity contribution in [2.75, 3.05) is 6.54 Å². The lowest BCUT2D eigenvalue weighted by molar-refractivity contribution is 0.0203. The number of ether oxygens (including phenoxy) is 1. The Hall–Kier alpha value is -2.05. The fourth-order valence-corrected chi connectivity index (χ4v) is 2.15. The lowest BCUT2D eigenvalue weighted by Crippen LogP contribution is -2.36. The van der Waals surface area contributed by atoms with Gasteiger partial charge in [0, 0.05) is 12.6 Å². The topological polar surface area (TPSA) is 92.9 Å². The summed E-state index contributed by atoms with van der Waals surface area (Å²) in [5, 5.41) is 12.3. The maximum atomic E-state index is 12.1. The summed E-state index contributed by atoms with van der Waals surface area (Å²) in [5.74, 6) is -0.771. The SMILES string of the molecule is CC(C)(C)OC(=O)N1CCCC1c1cc(C(=O)O)no1. The van der Waals surface area contributed by atoms with E-state index in [1.165, 1.54) is 6.07 Å². The number of rotatable bonds is 2. The Morgan fingerprint density at radius 3 is 2.75 bits per heavy atom. The molecule has 7 heteroatoms. The minimum absolute atomic E-state index is 0.156. The quantitative estimate of drug-likeness (QED) is 0.895. The fraction of sp³-hybridized carbons (Fsp3) is 0.615. The highest BCUT2D eigenvalue weighted by Crippen LogP contribution is 2.33. The Kier molecular flexibility index (Phi) is 3.69. The first-order valence-electron chi connectivity index (χ1n) is 6.47. The number of carboxylic acids is 1. The van der Waals surface area contributed by atoms with E-state index in [1.54, 1.807) is 25.7 Å². The molecule has 7 nitrogen and oxygen atoms in total. The zero-order chi connectivity index (χ0) is 14.9. The number of amides is 1. The maximum absolute atomic E-state index is 12.1. The first kappa shape index (κ1) is 14.4. The number of nitrogens with zero attached hydrogens (tertiary/aromatic N) is 2. The van der Waals surface area contributed by atoms with E-state index in [1.807, 2.05) is 0 Å².